The van der Waals surface area contributed by atoms with Crippen LogP contribution < -0.4 is 5.32 Å². The van der Waals surface area contributed by atoms with E-state index in [0.717, 1.165) is 12.8 Å². The summed E-state index contributed by atoms with van der Waals surface area (Å²) in [6.45, 7) is 3.58. The van der Waals surface area contributed by atoms with E-state index in [-0.39, 0.29) is 5.91 Å². The number of nitrogens with one attached hydrogen (secondary N) is 1. The summed E-state index contributed by atoms with van der Waals surface area (Å²) in [6.07, 6.45) is 8.40. The second-order valence-electron chi connectivity index (χ2n) is 5.11. The number of carbonyl (C=O) groups is 1. The fourth-order valence-corrected chi connectivity index (χ4v) is 3.70. The third-order valence-electron chi connectivity index (χ3n) is 3.52. The first kappa shape index (κ1) is 12.6. The van der Waals surface area contributed by atoms with Crippen molar-refractivity contribution in [3.8, 4) is 0 Å². The standard InChI is InChI=1S/C13H19NO2S/c1-10-9-17(16)13(2,12(15)14-10)8-11-6-4-3-5-7-11/h4,6,9,11H,3,5,7-8H2,1-2H3,(H,14,15)/t11?,13-,17?/m0/s1. The van der Waals surface area contributed by atoms with Gasteiger partial charge in [0.2, 0.25) is 5.91 Å². The lowest BCUT2D eigenvalue weighted by Gasteiger charge is -2.33. The molecule has 94 valence electrons. The molecule has 0 bridgehead atoms. The Hall–Kier alpha value is -0.900. The SMILES string of the molecule is CC1=CS(=O)[C@@](C)(CC2C=CCCC2)C(=O)N1. The Morgan fingerprint density at radius 3 is 2.94 bits per heavy atom. The minimum absolute atomic E-state index is 0.102. The van der Waals surface area contributed by atoms with Crippen molar-refractivity contribution < 1.29 is 9.00 Å². The summed E-state index contributed by atoms with van der Waals surface area (Å²) in [7, 11) is -1.21. The van der Waals surface area contributed by atoms with E-state index in [0.29, 0.717) is 18.0 Å². The van der Waals surface area contributed by atoms with Crippen LogP contribution in [0, 0.1) is 5.92 Å². The molecule has 0 saturated carbocycles. The lowest BCUT2D eigenvalue weighted by atomic mass is 9.87. The quantitative estimate of drug-likeness (QED) is 0.767. The largest absolute Gasteiger partial charge is 0.328 e. The number of amides is 1. The van der Waals surface area contributed by atoms with Crippen LogP contribution in [-0.2, 0) is 15.6 Å². The first-order valence-electron chi connectivity index (χ1n) is 6.09. The molecule has 2 aliphatic rings. The molecule has 17 heavy (non-hydrogen) atoms. The lowest BCUT2D eigenvalue weighted by molar-refractivity contribution is -0.122. The van der Waals surface area contributed by atoms with Gasteiger partial charge in [0.25, 0.3) is 0 Å². The van der Waals surface area contributed by atoms with Crippen molar-refractivity contribution in [3.05, 3.63) is 23.3 Å². The average molecular weight is 253 g/mol. The van der Waals surface area contributed by atoms with Crippen molar-refractivity contribution in [2.24, 2.45) is 5.92 Å². The van der Waals surface area contributed by atoms with Gasteiger partial charge >= 0.3 is 0 Å². The highest BCUT2D eigenvalue weighted by atomic mass is 32.2. The van der Waals surface area contributed by atoms with Gasteiger partial charge in [-0.3, -0.25) is 9.00 Å². The summed E-state index contributed by atoms with van der Waals surface area (Å²) in [5.74, 6) is 0.282. The van der Waals surface area contributed by atoms with Crippen LogP contribution in [0.25, 0.3) is 0 Å². The molecular weight excluding hydrogens is 234 g/mol. The number of hydrogen-bond donors (Lipinski definition) is 1. The molecule has 0 spiro atoms. The van der Waals surface area contributed by atoms with Gasteiger partial charge in [-0.25, -0.2) is 0 Å². The van der Waals surface area contributed by atoms with Crippen molar-refractivity contribution in [2.45, 2.75) is 44.3 Å². The molecule has 1 amide bonds. The van der Waals surface area contributed by atoms with Gasteiger partial charge in [0, 0.05) is 11.1 Å². The Morgan fingerprint density at radius 2 is 2.35 bits per heavy atom. The van der Waals surface area contributed by atoms with Crippen LogP contribution in [0.1, 0.15) is 39.5 Å². The van der Waals surface area contributed by atoms with Crippen LogP contribution in [0.15, 0.2) is 23.3 Å². The zero-order chi connectivity index (χ0) is 12.5. The zero-order valence-electron chi connectivity index (χ0n) is 10.4. The van der Waals surface area contributed by atoms with Crippen molar-refractivity contribution in [2.75, 3.05) is 0 Å². The van der Waals surface area contributed by atoms with E-state index in [1.807, 2.05) is 6.92 Å². The predicted octanol–water partition coefficient (Wildman–Crippen LogP) is 2.23. The van der Waals surface area contributed by atoms with Gasteiger partial charge in [-0.05, 0) is 45.4 Å². The summed E-state index contributed by atoms with van der Waals surface area (Å²) in [4.78, 5) is 12.0. The maximum Gasteiger partial charge on any atom is 0.243 e. The Morgan fingerprint density at radius 1 is 1.59 bits per heavy atom. The molecule has 2 unspecified atom stereocenters. The van der Waals surface area contributed by atoms with Crippen LogP contribution in [0.3, 0.4) is 0 Å². The van der Waals surface area contributed by atoms with Crippen molar-refractivity contribution in [1.29, 1.82) is 0 Å². The van der Waals surface area contributed by atoms with Crippen LogP contribution in [0.5, 0.6) is 0 Å². The molecule has 0 saturated heterocycles. The number of hydrogen-bond acceptors (Lipinski definition) is 2. The van der Waals surface area contributed by atoms with E-state index < -0.39 is 15.5 Å². The third kappa shape index (κ3) is 2.51. The van der Waals surface area contributed by atoms with E-state index in [9.17, 15) is 9.00 Å². The van der Waals surface area contributed by atoms with Gasteiger partial charge in [0.1, 0.15) is 4.75 Å². The molecule has 1 aliphatic heterocycles. The molecule has 0 aromatic rings. The third-order valence-corrected chi connectivity index (χ3v) is 5.33. The van der Waals surface area contributed by atoms with Crippen LogP contribution in [-0.4, -0.2) is 14.9 Å². The maximum absolute atomic E-state index is 12.2. The Bertz CT molecular complexity index is 414. The van der Waals surface area contributed by atoms with E-state index in [1.165, 1.54) is 6.42 Å². The molecule has 0 aromatic heterocycles. The van der Waals surface area contributed by atoms with Crippen molar-refractivity contribution >= 4 is 16.7 Å². The molecule has 3 atom stereocenters. The molecular formula is C13H19NO2S. The summed E-state index contributed by atoms with van der Waals surface area (Å²) in [6, 6.07) is 0. The van der Waals surface area contributed by atoms with E-state index in [1.54, 1.807) is 12.3 Å². The molecule has 3 nitrogen and oxygen atoms in total. The number of rotatable bonds is 2. The summed E-state index contributed by atoms with van der Waals surface area (Å²) in [5, 5.41) is 4.46. The van der Waals surface area contributed by atoms with Gasteiger partial charge < -0.3 is 5.32 Å². The minimum atomic E-state index is -1.21. The molecule has 1 heterocycles. The summed E-state index contributed by atoms with van der Waals surface area (Å²) in [5.41, 5.74) is 0.699. The second kappa shape index (κ2) is 4.77. The van der Waals surface area contributed by atoms with Gasteiger partial charge in [0.05, 0.1) is 10.8 Å². The smallest absolute Gasteiger partial charge is 0.243 e. The average Bonchev–Trinajstić information content (AvgIpc) is 2.28. The van der Waals surface area contributed by atoms with Gasteiger partial charge in [-0.1, -0.05) is 12.2 Å². The highest BCUT2D eigenvalue weighted by Crippen LogP contribution is 2.32. The first-order chi connectivity index (χ1) is 8.02. The Kier molecular flexibility index (Phi) is 3.52. The van der Waals surface area contributed by atoms with E-state index in [2.05, 4.69) is 17.5 Å². The lowest BCUT2D eigenvalue weighted by Crippen LogP contribution is -2.50. The maximum atomic E-state index is 12.2. The second-order valence-corrected chi connectivity index (χ2v) is 6.84. The van der Waals surface area contributed by atoms with Gasteiger partial charge in [-0.2, -0.15) is 0 Å². The fourth-order valence-electron chi connectivity index (χ4n) is 2.45. The topological polar surface area (TPSA) is 46.2 Å². The highest BCUT2D eigenvalue weighted by molar-refractivity contribution is 7.90. The molecule has 0 aromatic carbocycles. The molecule has 2 rings (SSSR count). The number of carbonyl (C=O) groups excluding carboxylic acids is 1. The fraction of sp³-hybridized carbons (Fsp3) is 0.615. The minimum Gasteiger partial charge on any atom is -0.328 e. The van der Waals surface area contributed by atoms with Crippen LogP contribution in [0.2, 0.25) is 0 Å². The summed E-state index contributed by atoms with van der Waals surface area (Å²) >= 11 is 0. The Balaban J connectivity index is 2.17. The number of allylic oxidation sites excluding steroid dienone is 3. The predicted molar refractivity (Wildman–Crippen MR) is 69.5 cm³/mol. The monoisotopic (exact) mass is 253 g/mol. The normalized spacial score (nSPS) is 37.5. The van der Waals surface area contributed by atoms with Crippen LogP contribution in [0.4, 0.5) is 0 Å². The molecule has 0 fully saturated rings. The van der Waals surface area contributed by atoms with Crippen molar-refractivity contribution in [3.63, 3.8) is 0 Å². The van der Waals surface area contributed by atoms with E-state index in [4.69, 9.17) is 0 Å². The van der Waals surface area contributed by atoms with Gasteiger partial charge in [-0.15, -0.1) is 0 Å². The van der Waals surface area contributed by atoms with Crippen LogP contribution >= 0.6 is 0 Å². The zero-order valence-corrected chi connectivity index (χ0v) is 11.2. The molecule has 4 heteroatoms. The van der Waals surface area contributed by atoms with Crippen molar-refractivity contribution in [1.82, 2.24) is 5.32 Å². The van der Waals surface area contributed by atoms with E-state index >= 15 is 0 Å². The molecule has 1 aliphatic carbocycles. The van der Waals surface area contributed by atoms with Gasteiger partial charge in [0.15, 0.2) is 0 Å². The first-order valence-corrected chi connectivity index (χ1v) is 7.31. The highest BCUT2D eigenvalue weighted by Gasteiger charge is 2.42. The molecule has 0 radical (unpaired) electrons. The molecule has 1 N–H and O–H groups in total. The Labute approximate surface area is 105 Å². The summed E-state index contributed by atoms with van der Waals surface area (Å²) < 4.78 is 11.4.